The van der Waals surface area contributed by atoms with Gasteiger partial charge >= 0.3 is 0 Å². The summed E-state index contributed by atoms with van der Waals surface area (Å²) >= 11 is 0. The van der Waals surface area contributed by atoms with E-state index in [1.165, 1.54) is 0 Å². The number of hydrogen-bond donors (Lipinski definition) is 2. The number of aliphatic hydroxyl groups is 1. The third kappa shape index (κ3) is 3.95. The van der Waals surface area contributed by atoms with E-state index in [4.69, 9.17) is 4.74 Å². The van der Waals surface area contributed by atoms with Crippen molar-refractivity contribution in [3.05, 3.63) is 0 Å². The lowest BCUT2D eigenvalue weighted by atomic mass is 9.97. The van der Waals surface area contributed by atoms with Crippen molar-refractivity contribution in [3.8, 4) is 0 Å². The van der Waals surface area contributed by atoms with Crippen LogP contribution >= 0.6 is 0 Å². The Labute approximate surface area is 86.8 Å². The first kappa shape index (κ1) is 12.0. The third-order valence-electron chi connectivity index (χ3n) is 3.11. The molecular weight excluding hydrogens is 178 g/mol. The Morgan fingerprint density at radius 1 is 1.43 bits per heavy atom. The van der Waals surface area contributed by atoms with Crippen LogP contribution in [0.25, 0.3) is 0 Å². The van der Waals surface area contributed by atoms with E-state index in [1.807, 2.05) is 20.8 Å². The number of ether oxygens (including phenoxy) is 1. The molecule has 1 atom stereocenters. The van der Waals surface area contributed by atoms with E-state index in [1.54, 1.807) is 0 Å². The minimum absolute atomic E-state index is 0.144. The first-order valence-electron chi connectivity index (χ1n) is 5.53. The van der Waals surface area contributed by atoms with Gasteiger partial charge in [-0.25, -0.2) is 0 Å². The van der Waals surface area contributed by atoms with Crippen LogP contribution in [-0.2, 0) is 4.74 Å². The Hall–Kier alpha value is -0.120. The predicted octanol–water partition coefficient (Wildman–Crippen LogP) is 1.16. The smallest absolute Gasteiger partial charge is 0.0741 e. The van der Waals surface area contributed by atoms with E-state index in [-0.39, 0.29) is 6.04 Å². The summed E-state index contributed by atoms with van der Waals surface area (Å²) in [5.74, 6) is 0.716. The highest BCUT2D eigenvalue weighted by Gasteiger charge is 2.23. The second kappa shape index (κ2) is 5.10. The molecule has 1 saturated heterocycles. The average Bonchev–Trinajstić information content (AvgIpc) is 2.14. The number of hydrogen-bond acceptors (Lipinski definition) is 3. The molecule has 0 aliphatic carbocycles. The summed E-state index contributed by atoms with van der Waals surface area (Å²) in [7, 11) is 0. The highest BCUT2D eigenvalue weighted by Crippen LogP contribution is 2.15. The van der Waals surface area contributed by atoms with Crippen molar-refractivity contribution < 1.29 is 9.84 Å². The van der Waals surface area contributed by atoms with Gasteiger partial charge < -0.3 is 15.2 Å². The van der Waals surface area contributed by atoms with Gasteiger partial charge in [0.25, 0.3) is 0 Å². The van der Waals surface area contributed by atoms with Gasteiger partial charge in [-0.15, -0.1) is 0 Å². The number of nitrogens with one attached hydrogen (secondary N) is 1. The highest BCUT2D eigenvalue weighted by molar-refractivity contribution is 4.80. The maximum Gasteiger partial charge on any atom is 0.0741 e. The normalized spacial score (nSPS) is 22.3. The molecule has 2 N–H and O–H groups in total. The molecule has 0 saturated carbocycles. The molecule has 1 aliphatic rings. The molecule has 1 fully saturated rings. The second-order valence-electron chi connectivity index (χ2n) is 4.84. The molecule has 1 rings (SSSR count). The monoisotopic (exact) mass is 201 g/mol. The Balaban J connectivity index is 2.19. The van der Waals surface area contributed by atoms with Gasteiger partial charge in [0, 0.05) is 19.3 Å². The molecule has 0 aromatic rings. The van der Waals surface area contributed by atoms with Crippen LogP contribution in [0, 0.1) is 5.92 Å². The van der Waals surface area contributed by atoms with Gasteiger partial charge in [0.15, 0.2) is 0 Å². The zero-order chi connectivity index (χ0) is 10.6. The first-order valence-corrected chi connectivity index (χ1v) is 5.53. The van der Waals surface area contributed by atoms with Crippen LogP contribution in [-0.4, -0.2) is 36.5 Å². The van der Waals surface area contributed by atoms with Crippen LogP contribution in [0.1, 0.15) is 33.6 Å². The topological polar surface area (TPSA) is 41.5 Å². The largest absolute Gasteiger partial charge is 0.389 e. The Morgan fingerprint density at radius 3 is 2.50 bits per heavy atom. The molecule has 3 heteroatoms. The summed E-state index contributed by atoms with van der Waals surface area (Å²) < 4.78 is 5.30. The van der Waals surface area contributed by atoms with Crippen LogP contribution in [0.5, 0.6) is 0 Å². The maximum absolute atomic E-state index is 9.73. The van der Waals surface area contributed by atoms with Gasteiger partial charge in [0.2, 0.25) is 0 Å². The van der Waals surface area contributed by atoms with Gasteiger partial charge in [0.05, 0.1) is 5.60 Å². The van der Waals surface area contributed by atoms with Crippen LogP contribution in [0.3, 0.4) is 0 Å². The Bertz CT molecular complexity index is 159. The summed E-state index contributed by atoms with van der Waals surface area (Å²) in [6.45, 7) is 8.49. The minimum Gasteiger partial charge on any atom is -0.389 e. The maximum atomic E-state index is 9.73. The molecule has 14 heavy (non-hydrogen) atoms. The van der Waals surface area contributed by atoms with E-state index in [0.29, 0.717) is 5.92 Å². The lowest BCUT2D eigenvalue weighted by Gasteiger charge is -2.30. The molecule has 0 radical (unpaired) electrons. The molecule has 1 heterocycles. The third-order valence-corrected chi connectivity index (χ3v) is 3.11. The minimum atomic E-state index is -0.634. The fraction of sp³-hybridized carbons (Fsp3) is 1.00. The lowest BCUT2D eigenvalue weighted by molar-refractivity contribution is 0.0347. The molecule has 0 aromatic carbocycles. The van der Waals surface area contributed by atoms with E-state index in [2.05, 4.69) is 5.32 Å². The quantitative estimate of drug-likeness (QED) is 0.717. The van der Waals surface area contributed by atoms with E-state index < -0.39 is 5.60 Å². The molecule has 1 aliphatic heterocycles. The molecule has 84 valence electrons. The summed E-state index contributed by atoms with van der Waals surface area (Å²) in [6.07, 6.45) is 2.29. The van der Waals surface area contributed by atoms with Crippen LogP contribution in [0.15, 0.2) is 0 Å². The summed E-state index contributed by atoms with van der Waals surface area (Å²) in [5.41, 5.74) is -0.634. The SMILES string of the molecule is CC(NCC1CCOCC1)C(C)(C)O. The standard InChI is InChI=1S/C11H23NO2/c1-9(11(2,3)13)12-8-10-4-6-14-7-5-10/h9-10,12-13H,4-8H2,1-3H3. The molecule has 1 unspecified atom stereocenters. The zero-order valence-electron chi connectivity index (χ0n) is 9.55. The van der Waals surface area contributed by atoms with Crippen molar-refractivity contribution in [1.29, 1.82) is 0 Å². The van der Waals surface area contributed by atoms with Gasteiger partial charge in [0.1, 0.15) is 0 Å². The van der Waals surface area contributed by atoms with E-state index in [9.17, 15) is 5.11 Å². The van der Waals surface area contributed by atoms with E-state index >= 15 is 0 Å². The van der Waals surface area contributed by atoms with Crippen LogP contribution in [0.4, 0.5) is 0 Å². The molecule has 3 nitrogen and oxygen atoms in total. The molecule has 0 aromatic heterocycles. The highest BCUT2D eigenvalue weighted by atomic mass is 16.5. The fourth-order valence-electron chi connectivity index (χ4n) is 1.54. The van der Waals surface area contributed by atoms with Crippen molar-refractivity contribution in [3.63, 3.8) is 0 Å². The molecular formula is C11H23NO2. The van der Waals surface area contributed by atoms with Gasteiger partial charge in [-0.05, 0) is 46.1 Å². The summed E-state index contributed by atoms with van der Waals surface area (Å²) in [6, 6.07) is 0.144. The van der Waals surface area contributed by atoms with Crippen molar-refractivity contribution in [2.45, 2.75) is 45.3 Å². The molecule has 0 spiro atoms. The summed E-state index contributed by atoms with van der Waals surface area (Å²) in [5, 5.41) is 13.1. The van der Waals surface area contributed by atoms with Crippen LogP contribution < -0.4 is 5.32 Å². The lowest BCUT2D eigenvalue weighted by Crippen LogP contribution is -2.46. The first-order chi connectivity index (χ1) is 6.50. The predicted molar refractivity (Wildman–Crippen MR) is 57.3 cm³/mol. The van der Waals surface area contributed by atoms with Crippen molar-refractivity contribution in [1.82, 2.24) is 5.32 Å². The van der Waals surface area contributed by atoms with Crippen molar-refractivity contribution >= 4 is 0 Å². The number of rotatable bonds is 4. The van der Waals surface area contributed by atoms with Gasteiger partial charge in [-0.3, -0.25) is 0 Å². The Kier molecular flexibility index (Phi) is 4.35. The molecule has 0 bridgehead atoms. The molecule has 0 amide bonds. The summed E-state index contributed by atoms with van der Waals surface area (Å²) in [4.78, 5) is 0. The van der Waals surface area contributed by atoms with E-state index in [0.717, 1.165) is 32.6 Å². The van der Waals surface area contributed by atoms with Gasteiger partial charge in [-0.1, -0.05) is 0 Å². The van der Waals surface area contributed by atoms with Crippen LogP contribution in [0.2, 0.25) is 0 Å². The zero-order valence-corrected chi connectivity index (χ0v) is 9.55. The van der Waals surface area contributed by atoms with Crippen molar-refractivity contribution in [2.75, 3.05) is 19.8 Å². The fourth-order valence-corrected chi connectivity index (χ4v) is 1.54. The average molecular weight is 201 g/mol. The Morgan fingerprint density at radius 2 is 2.00 bits per heavy atom. The van der Waals surface area contributed by atoms with Crippen molar-refractivity contribution in [2.24, 2.45) is 5.92 Å². The second-order valence-corrected chi connectivity index (χ2v) is 4.84. The van der Waals surface area contributed by atoms with Gasteiger partial charge in [-0.2, -0.15) is 0 Å².